The van der Waals surface area contributed by atoms with E-state index >= 15 is 0 Å². The second-order valence-electron chi connectivity index (χ2n) is 5.52. The van der Waals surface area contributed by atoms with Gasteiger partial charge in [0.25, 0.3) is 0 Å². The zero-order chi connectivity index (χ0) is 14.4. The van der Waals surface area contributed by atoms with Crippen molar-refractivity contribution in [2.24, 2.45) is 5.92 Å². The van der Waals surface area contributed by atoms with E-state index in [2.05, 4.69) is 24.5 Å². The van der Waals surface area contributed by atoms with Gasteiger partial charge in [-0.2, -0.15) is 0 Å². The van der Waals surface area contributed by atoms with E-state index in [1.54, 1.807) is 0 Å². The Morgan fingerprint density at radius 1 is 1.25 bits per heavy atom. The Bertz CT molecular complexity index is 470. The largest absolute Gasteiger partial charge is 0.323 e. The first-order valence-corrected chi connectivity index (χ1v) is 7.52. The van der Waals surface area contributed by atoms with Crippen molar-refractivity contribution in [2.75, 3.05) is 5.32 Å². The van der Waals surface area contributed by atoms with Crippen LogP contribution in [0.25, 0.3) is 0 Å². The Labute approximate surface area is 121 Å². The van der Waals surface area contributed by atoms with Gasteiger partial charge in [-0.1, -0.05) is 37.5 Å². The molecule has 2 amide bonds. The zero-order valence-corrected chi connectivity index (χ0v) is 12.4. The lowest BCUT2D eigenvalue weighted by molar-refractivity contribution is 0.255. The molecule has 1 aliphatic rings. The van der Waals surface area contributed by atoms with Gasteiger partial charge in [-0.15, -0.1) is 0 Å². The van der Waals surface area contributed by atoms with Crippen molar-refractivity contribution in [3.05, 3.63) is 41.6 Å². The van der Waals surface area contributed by atoms with Crippen LogP contribution in [0.15, 0.2) is 36.0 Å². The number of nitrogens with one attached hydrogen (secondary N) is 2. The van der Waals surface area contributed by atoms with Crippen molar-refractivity contribution in [2.45, 2.75) is 46.0 Å². The predicted molar refractivity (Wildman–Crippen MR) is 83.7 cm³/mol. The smallest absolute Gasteiger partial charge is 0.314 e. The van der Waals surface area contributed by atoms with Gasteiger partial charge in [0.2, 0.25) is 0 Å². The molecule has 20 heavy (non-hydrogen) atoms. The Kier molecular flexibility index (Phi) is 5.22. The van der Waals surface area contributed by atoms with Crippen molar-refractivity contribution in [1.82, 2.24) is 5.32 Å². The average molecular weight is 272 g/mol. The quantitative estimate of drug-likeness (QED) is 0.834. The zero-order valence-electron chi connectivity index (χ0n) is 12.4. The van der Waals surface area contributed by atoms with E-state index in [1.807, 2.05) is 30.5 Å². The molecule has 0 radical (unpaired) electrons. The molecule has 108 valence electrons. The van der Waals surface area contributed by atoms with Crippen molar-refractivity contribution < 1.29 is 4.79 Å². The van der Waals surface area contributed by atoms with Gasteiger partial charge in [0.05, 0.1) is 0 Å². The average Bonchev–Trinajstić information content (AvgIpc) is 3.00. The molecule has 0 aromatic heterocycles. The lowest BCUT2D eigenvalue weighted by Crippen LogP contribution is -2.24. The van der Waals surface area contributed by atoms with Crippen molar-refractivity contribution in [1.29, 1.82) is 0 Å². The van der Waals surface area contributed by atoms with Crippen molar-refractivity contribution >= 4 is 11.7 Å². The van der Waals surface area contributed by atoms with E-state index in [0.717, 1.165) is 12.1 Å². The highest BCUT2D eigenvalue weighted by Crippen LogP contribution is 2.30. The fourth-order valence-corrected chi connectivity index (χ4v) is 2.67. The summed E-state index contributed by atoms with van der Waals surface area (Å²) in [6.07, 6.45) is 7.99. The number of aryl methyl sites for hydroxylation is 1. The highest BCUT2D eigenvalue weighted by molar-refractivity contribution is 5.89. The number of urea groups is 1. The Balaban J connectivity index is 1.83. The SMILES string of the molecule is CCc1ccc(NC(=O)N/C=C(\C)C2CCCC2)cc1. The van der Waals surface area contributed by atoms with Gasteiger partial charge in [-0.05, 0) is 49.8 Å². The topological polar surface area (TPSA) is 41.1 Å². The molecule has 0 bridgehead atoms. The molecule has 1 fully saturated rings. The van der Waals surface area contributed by atoms with Gasteiger partial charge in [0.15, 0.2) is 0 Å². The van der Waals surface area contributed by atoms with Gasteiger partial charge in [0.1, 0.15) is 0 Å². The Morgan fingerprint density at radius 2 is 1.90 bits per heavy atom. The third-order valence-corrected chi connectivity index (χ3v) is 4.05. The molecule has 0 spiro atoms. The molecule has 0 unspecified atom stereocenters. The summed E-state index contributed by atoms with van der Waals surface area (Å²) >= 11 is 0. The molecular formula is C17H24N2O. The fourth-order valence-electron chi connectivity index (χ4n) is 2.67. The van der Waals surface area contributed by atoms with E-state index in [-0.39, 0.29) is 6.03 Å². The summed E-state index contributed by atoms with van der Waals surface area (Å²) in [4.78, 5) is 11.8. The van der Waals surface area contributed by atoms with Crippen LogP contribution in [0.1, 0.15) is 45.1 Å². The number of allylic oxidation sites excluding steroid dienone is 1. The molecule has 2 N–H and O–H groups in total. The van der Waals surface area contributed by atoms with E-state index in [9.17, 15) is 4.79 Å². The minimum absolute atomic E-state index is 0.174. The molecule has 0 heterocycles. The van der Waals surface area contributed by atoms with E-state index in [4.69, 9.17) is 0 Å². The predicted octanol–water partition coefficient (Wildman–Crippen LogP) is 4.46. The molecule has 1 saturated carbocycles. The van der Waals surface area contributed by atoms with Gasteiger partial charge >= 0.3 is 6.03 Å². The van der Waals surface area contributed by atoms with Crippen LogP contribution in [0.2, 0.25) is 0 Å². The first-order valence-electron chi connectivity index (χ1n) is 7.52. The van der Waals surface area contributed by atoms with Crippen molar-refractivity contribution in [3.8, 4) is 0 Å². The summed E-state index contributed by atoms with van der Waals surface area (Å²) in [5, 5.41) is 5.67. The summed E-state index contributed by atoms with van der Waals surface area (Å²) < 4.78 is 0. The molecule has 1 aliphatic carbocycles. The number of hydrogen-bond acceptors (Lipinski definition) is 1. The molecular weight excluding hydrogens is 248 g/mol. The first kappa shape index (κ1) is 14.6. The monoisotopic (exact) mass is 272 g/mol. The van der Waals surface area contributed by atoms with Crippen LogP contribution in [0, 0.1) is 5.92 Å². The molecule has 3 heteroatoms. The maximum absolute atomic E-state index is 11.8. The fraction of sp³-hybridized carbons (Fsp3) is 0.471. The summed E-state index contributed by atoms with van der Waals surface area (Å²) in [5.74, 6) is 0.652. The molecule has 0 atom stereocenters. The number of carbonyl (C=O) groups excluding carboxylic acids is 1. The lowest BCUT2D eigenvalue weighted by Gasteiger charge is -2.10. The van der Waals surface area contributed by atoms with E-state index in [0.29, 0.717) is 5.92 Å². The number of benzene rings is 1. The Morgan fingerprint density at radius 3 is 2.50 bits per heavy atom. The van der Waals surface area contributed by atoms with Crippen LogP contribution in [0.4, 0.5) is 10.5 Å². The minimum Gasteiger partial charge on any atom is -0.314 e. The number of hydrogen-bond donors (Lipinski definition) is 2. The van der Waals surface area contributed by atoms with Crippen LogP contribution in [0.3, 0.4) is 0 Å². The maximum atomic E-state index is 11.8. The summed E-state index contributed by atoms with van der Waals surface area (Å²) in [7, 11) is 0. The van der Waals surface area contributed by atoms with Gasteiger partial charge in [-0.25, -0.2) is 4.79 Å². The molecule has 1 aromatic rings. The van der Waals surface area contributed by atoms with E-state index in [1.165, 1.54) is 36.8 Å². The number of amides is 2. The van der Waals surface area contributed by atoms with Crippen LogP contribution >= 0.6 is 0 Å². The molecule has 3 nitrogen and oxygen atoms in total. The lowest BCUT2D eigenvalue weighted by atomic mass is 10.0. The second kappa shape index (κ2) is 7.13. The first-order chi connectivity index (χ1) is 9.69. The van der Waals surface area contributed by atoms with Gasteiger partial charge in [-0.3, -0.25) is 0 Å². The Hall–Kier alpha value is -1.77. The van der Waals surface area contributed by atoms with Gasteiger partial charge < -0.3 is 10.6 Å². The maximum Gasteiger partial charge on any atom is 0.323 e. The van der Waals surface area contributed by atoms with E-state index < -0.39 is 0 Å². The summed E-state index contributed by atoms with van der Waals surface area (Å²) in [6, 6.07) is 7.77. The molecule has 1 aromatic carbocycles. The number of anilines is 1. The highest BCUT2D eigenvalue weighted by atomic mass is 16.2. The second-order valence-corrected chi connectivity index (χ2v) is 5.52. The standard InChI is InChI=1S/C17H24N2O/c1-3-14-8-10-16(11-9-14)19-17(20)18-12-13(2)15-6-4-5-7-15/h8-12,15H,3-7H2,1-2H3,(H2,18,19,20)/b13-12+. The molecule has 2 rings (SSSR count). The molecule has 0 aliphatic heterocycles. The number of rotatable bonds is 4. The van der Waals surface area contributed by atoms with Gasteiger partial charge in [0, 0.05) is 11.9 Å². The third kappa shape index (κ3) is 4.12. The van der Waals surface area contributed by atoms with Crippen LogP contribution < -0.4 is 10.6 Å². The summed E-state index contributed by atoms with van der Waals surface area (Å²) in [5.41, 5.74) is 3.37. The highest BCUT2D eigenvalue weighted by Gasteiger charge is 2.16. The minimum atomic E-state index is -0.174. The van der Waals surface area contributed by atoms with Crippen LogP contribution in [0.5, 0.6) is 0 Å². The van der Waals surface area contributed by atoms with Crippen molar-refractivity contribution in [3.63, 3.8) is 0 Å². The third-order valence-electron chi connectivity index (χ3n) is 4.05. The molecule has 0 saturated heterocycles. The number of carbonyl (C=O) groups is 1. The summed E-state index contributed by atoms with van der Waals surface area (Å²) in [6.45, 7) is 4.22. The normalized spacial score (nSPS) is 16.2. The van der Waals surface area contributed by atoms with Crippen LogP contribution in [-0.2, 0) is 6.42 Å². The van der Waals surface area contributed by atoms with Crippen LogP contribution in [-0.4, -0.2) is 6.03 Å².